The van der Waals surface area contributed by atoms with Crippen molar-refractivity contribution in [3.8, 4) is 78.4 Å². The van der Waals surface area contributed by atoms with E-state index < -0.39 is 0 Å². The molecule has 2 heterocycles. The summed E-state index contributed by atoms with van der Waals surface area (Å²) in [6.07, 6.45) is 3.68. The van der Waals surface area contributed by atoms with Gasteiger partial charge >= 0.3 is 0 Å². The van der Waals surface area contributed by atoms with Crippen LogP contribution in [0.3, 0.4) is 0 Å². The largest absolute Gasteiger partial charge is 0.264 e. The fourth-order valence-electron chi connectivity index (χ4n) is 8.33. The minimum Gasteiger partial charge on any atom is -0.264 e. The first-order valence-electron chi connectivity index (χ1n) is 18.8. The van der Waals surface area contributed by atoms with Crippen LogP contribution < -0.4 is 0 Å². The second-order valence-corrected chi connectivity index (χ2v) is 14.9. The summed E-state index contributed by atoms with van der Waals surface area (Å²) in [7, 11) is 0. The van der Waals surface area contributed by atoms with Crippen LogP contribution in [0.2, 0.25) is 0 Å². The fourth-order valence-corrected chi connectivity index (χ4v) is 8.33. The van der Waals surface area contributed by atoms with E-state index in [1.807, 2.05) is 30.5 Å². The lowest BCUT2D eigenvalue weighted by Crippen LogP contribution is -2.15. The molecule has 0 aliphatic heterocycles. The van der Waals surface area contributed by atoms with Crippen molar-refractivity contribution in [2.75, 3.05) is 0 Å². The molecule has 2 aromatic heterocycles. The summed E-state index contributed by atoms with van der Waals surface area (Å²) < 4.78 is 0. The lowest BCUT2D eigenvalue weighted by Gasteiger charge is -2.23. The maximum Gasteiger partial charge on any atom is 0.160 e. The SMILES string of the molecule is CC1(C)c2ccc(-c3cccc(-c4ccc(-c5cc(-c6ccc(-c7cccnc7)cc6)nc(-c6ccccc6)n5)cc4)c3)cc2-c2ccc3ccccc3c21. The number of hydrogen-bond donors (Lipinski definition) is 0. The molecular weight excluding hydrogens is 667 g/mol. The minimum atomic E-state index is -0.0646. The lowest BCUT2D eigenvalue weighted by atomic mass is 9.80. The van der Waals surface area contributed by atoms with Crippen molar-refractivity contribution in [1.29, 1.82) is 0 Å². The van der Waals surface area contributed by atoms with E-state index in [-0.39, 0.29) is 5.41 Å². The highest BCUT2D eigenvalue weighted by molar-refractivity contribution is 5.98. The Morgan fingerprint density at radius 2 is 0.982 bits per heavy atom. The number of rotatable bonds is 6. The number of hydrogen-bond acceptors (Lipinski definition) is 3. The molecule has 10 rings (SSSR count). The molecule has 3 nitrogen and oxygen atoms in total. The number of fused-ring (bicyclic) bond motifs is 5. The highest BCUT2D eigenvalue weighted by Crippen LogP contribution is 2.52. The normalized spacial score (nSPS) is 12.7. The van der Waals surface area contributed by atoms with Gasteiger partial charge in [0, 0.05) is 34.5 Å². The third-order valence-electron chi connectivity index (χ3n) is 11.2. The summed E-state index contributed by atoms with van der Waals surface area (Å²) in [4.78, 5) is 14.4. The molecule has 0 saturated carbocycles. The highest BCUT2D eigenvalue weighted by atomic mass is 14.9. The van der Waals surface area contributed by atoms with Crippen molar-refractivity contribution in [2.24, 2.45) is 0 Å². The van der Waals surface area contributed by atoms with Crippen molar-refractivity contribution in [2.45, 2.75) is 19.3 Å². The molecule has 0 atom stereocenters. The predicted octanol–water partition coefficient (Wildman–Crippen LogP) is 13.3. The second kappa shape index (κ2) is 13.2. The standard InChI is InChI=1S/C52H37N3/c1-52(2)47-28-26-42(31-46(47)45-27-25-36-10-6-7-16-44(36)50(45)52)41-14-8-13-40(30-41)34-17-21-37(22-18-34)48-32-49(55-51(54-48)39-11-4-3-5-12-39)38-23-19-35(20-24-38)43-15-9-29-53-33-43/h3-33H,1-2H3. The van der Waals surface area contributed by atoms with Crippen LogP contribution in [-0.4, -0.2) is 15.0 Å². The number of nitrogens with zero attached hydrogens (tertiary/aromatic N) is 3. The summed E-state index contributed by atoms with van der Waals surface area (Å²) in [6, 6.07) is 62.9. The quantitative estimate of drug-likeness (QED) is 0.173. The van der Waals surface area contributed by atoms with Crippen LogP contribution in [0.5, 0.6) is 0 Å². The Labute approximate surface area is 321 Å². The molecule has 0 bridgehead atoms. The van der Waals surface area contributed by atoms with Gasteiger partial charge in [-0.2, -0.15) is 0 Å². The molecule has 55 heavy (non-hydrogen) atoms. The molecule has 1 aliphatic carbocycles. The van der Waals surface area contributed by atoms with Crippen LogP contribution in [0, 0.1) is 0 Å². The average Bonchev–Trinajstić information content (AvgIpc) is 3.49. The first-order chi connectivity index (χ1) is 27.0. The number of aromatic nitrogens is 3. The third kappa shape index (κ3) is 5.82. The second-order valence-electron chi connectivity index (χ2n) is 14.9. The van der Waals surface area contributed by atoms with E-state index in [2.05, 4.69) is 170 Å². The Morgan fingerprint density at radius 3 is 1.69 bits per heavy atom. The monoisotopic (exact) mass is 703 g/mol. The molecule has 0 spiro atoms. The smallest absolute Gasteiger partial charge is 0.160 e. The van der Waals surface area contributed by atoms with Gasteiger partial charge in [0.2, 0.25) is 0 Å². The average molecular weight is 704 g/mol. The minimum absolute atomic E-state index is 0.0646. The van der Waals surface area contributed by atoms with Crippen molar-refractivity contribution < 1.29 is 0 Å². The van der Waals surface area contributed by atoms with E-state index >= 15 is 0 Å². The van der Waals surface area contributed by atoms with Crippen molar-refractivity contribution in [1.82, 2.24) is 15.0 Å². The summed E-state index contributed by atoms with van der Waals surface area (Å²) in [5.74, 6) is 0.703. The lowest BCUT2D eigenvalue weighted by molar-refractivity contribution is 0.666. The summed E-state index contributed by atoms with van der Waals surface area (Å²) in [6.45, 7) is 4.72. The predicted molar refractivity (Wildman–Crippen MR) is 228 cm³/mol. The van der Waals surface area contributed by atoms with Crippen LogP contribution in [0.25, 0.3) is 89.2 Å². The molecule has 0 radical (unpaired) electrons. The number of benzene rings is 7. The Hall–Kier alpha value is -6.97. The van der Waals surface area contributed by atoms with Gasteiger partial charge in [0.15, 0.2) is 5.82 Å². The molecule has 1 aliphatic rings. The summed E-state index contributed by atoms with van der Waals surface area (Å²) in [5, 5.41) is 2.64. The maximum absolute atomic E-state index is 5.07. The fraction of sp³-hybridized carbons (Fsp3) is 0.0577. The Bertz CT molecular complexity index is 2860. The molecular formula is C52H37N3. The zero-order valence-corrected chi connectivity index (χ0v) is 30.7. The van der Waals surface area contributed by atoms with Gasteiger partial charge in [-0.15, -0.1) is 0 Å². The molecule has 0 saturated heterocycles. The van der Waals surface area contributed by atoms with E-state index in [1.165, 1.54) is 49.7 Å². The van der Waals surface area contributed by atoms with Gasteiger partial charge in [-0.1, -0.05) is 166 Å². The topological polar surface area (TPSA) is 38.7 Å². The van der Waals surface area contributed by atoms with Crippen LogP contribution in [0.15, 0.2) is 188 Å². The van der Waals surface area contributed by atoms with Gasteiger partial charge in [0.1, 0.15) is 0 Å². The zero-order valence-electron chi connectivity index (χ0n) is 30.7. The van der Waals surface area contributed by atoms with E-state index in [9.17, 15) is 0 Å². The molecule has 0 fully saturated rings. The molecule has 0 amide bonds. The van der Waals surface area contributed by atoms with Gasteiger partial charge in [0.05, 0.1) is 11.4 Å². The molecule has 3 heteroatoms. The molecule has 0 unspecified atom stereocenters. The molecule has 260 valence electrons. The van der Waals surface area contributed by atoms with E-state index in [0.717, 1.165) is 44.8 Å². The van der Waals surface area contributed by atoms with Crippen molar-refractivity contribution in [3.05, 3.63) is 199 Å². The van der Waals surface area contributed by atoms with Crippen LogP contribution in [0.1, 0.15) is 25.0 Å². The first kappa shape index (κ1) is 32.7. The molecule has 7 aromatic carbocycles. The first-order valence-corrected chi connectivity index (χ1v) is 18.8. The molecule has 0 N–H and O–H groups in total. The van der Waals surface area contributed by atoms with Crippen molar-refractivity contribution >= 4 is 10.8 Å². The van der Waals surface area contributed by atoms with Crippen LogP contribution in [-0.2, 0) is 5.41 Å². The summed E-state index contributed by atoms with van der Waals surface area (Å²) in [5.41, 5.74) is 17.2. The van der Waals surface area contributed by atoms with E-state index in [1.54, 1.807) is 6.20 Å². The Balaban J connectivity index is 0.979. The maximum atomic E-state index is 5.07. The van der Waals surface area contributed by atoms with Gasteiger partial charge in [0.25, 0.3) is 0 Å². The van der Waals surface area contributed by atoms with Gasteiger partial charge in [-0.25, -0.2) is 9.97 Å². The summed E-state index contributed by atoms with van der Waals surface area (Å²) >= 11 is 0. The van der Waals surface area contributed by atoms with E-state index in [0.29, 0.717) is 5.82 Å². The number of pyridine rings is 1. The Morgan fingerprint density at radius 1 is 0.400 bits per heavy atom. The van der Waals surface area contributed by atoms with Crippen molar-refractivity contribution in [3.63, 3.8) is 0 Å². The van der Waals surface area contributed by atoms with E-state index in [4.69, 9.17) is 9.97 Å². The Kier molecular flexibility index (Phi) is 7.81. The zero-order chi connectivity index (χ0) is 36.9. The van der Waals surface area contributed by atoms with Gasteiger partial charge in [-0.3, -0.25) is 4.98 Å². The van der Waals surface area contributed by atoms with Crippen LogP contribution in [0.4, 0.5) is 0 Å². The molecule has 9 aromatic rings. The highest BCUT2D eigenvalue weighted by Gasteiger charge is 2.36. The van der Waals surface area contributed by atoms with Crippen LogP contribution >= 0.6 is 0 Å². The van der Waals surface area contributed by atoms with Gasteiger partial charge in [-0.05, 0) is 90.7 Å². The van der Waals surface area contributed by atoms with Gasteiger partial charge < -0.3 is 0 Å². The third-order valence-corrected chi connectivity index (χ3v) is 11.2.